The Morgan fingerprint density at radius 1 is 1.09 bits per heavy atom. The topological polar surface area (TPSA) is 134 Å². The number of nitriles is 1. The summed E-state index contributed by atoms with van der Waals surface area (Å²) in [7, 11) is 0. The molecule has 0 saturated heterocycles. The average molecular weight is 310 g/mol. The van der Waals surface area contributed by atoms with Crippen LogP contribution in [-0.2, 0) is 4.79 Å². The molecule has 0 amide bonds. The largest absolute Gasteiger partial charge is 0.476 e. The third-order valence-electron chi connectivity index (χ3n) is 3.03. The zero-order chi connectivity index (χ0) is 16.8. The summed E-state index contributed by atoms with van der Waals surface area (Å²) in [6.45, 7) is 0. The normalized spacial score (nSPS) is 11.1. The zero-order valence-corrected chi connectivity index (χ0v) is 12.0. The summed E-state index contributed by atoms with van der Waals surface area (Å²) in [5.41, 5.74) is 9.53. The van der Waals surface area contributed by atoms with E-state index in [9.17, 15) is 4.79 Å². The van der Waals surface area contributed by atoms with Gasteiger partial charge in [0.05, 0.1) is 11.6 Å². The number of nitrogens with one attached hydrogen (secondary N) is 1. The summed E-state index contributed by atoms with van der Waals surface area (Å²) >= 11 is 0. The van der Waals surface area contributed by atoms with Crippen molar-refractivity contribution >= 4 is 5.97 Å². The van der Waals surface area contributed by atoms with Gasteiger partial charge in [-0.3, -0.25) is 5.84 Å². The van der Waals surface area contributed by atoms with E-state index in [1.165, 1.54) is 0 Å². The summed E-state index contributed by atoms with van der Waals surface area (Å²) in [6.07, 6.45) is 0. The quantitative estimate of drug-likeness (QED) is 0.283. The van der Waals surface area contributed by atoms with Crippen molar-refractivity contribution in [2.75, 3.05) is 0 Å². The van der Waals surface area contributed by atoms with Crippen LogP contribution in [0.25, 0.3) is 11.1 Å². The van der Waals surface area contributed by atoms with Crippen LogP contribution in [0.1, 0.15) is 5.56 Å². The van der Waals surface area contributed by atoms with E-state index in [1.807, 2.05) is 17.6 Å². The number of nitrogens with two attached hydrogens (primary N) is 2. The van der Waals surface area contributed by atoms with Crippen molar-refractivity contribution in [3.05, 3.63) is 65.7 Å². The van der Waals surface area contributed by atoms with Crippen LogP contribution in [0.15, 0.2) is 60.1 Å². The van der Waals surface area contributed by atoms with E-state index < -0.39 is 11.7 Å². The van der Waals surface area contributed by atoms with Crippen molar-refractivity contribution in [2.24, 2.45) is 11.6 Å². The van der Waals surface area contributed by atoms with Gasteiger partial charge in [-0.25, -0.2) is 4.79 Å². The Labute approximate surface area is 132 Å². The minimum Gasteiger partial charge on any atom is -0.476 e. The molecule has 0 bridgehead atoms. The maximum absolute atomic E-state index is 10.9. The zero-order valence-electron chi connectivity index (χ0n) is 12.0. The van der Waals surface area contributed by atoms with Crippen LogP contribution in [0.3, 0.4) is 0 Å². The van der Waals surface area contributed by atoms with Gasteiger partial charge in [0.2, 0.25) is 5.88 Å². The average Bonchev–Trinajstić information content (AvgIpc) is 2.56. The summed E-state index contributed by atoms with van der Waals surface area (Å²) < 4.78 is 5.25. The number of carboxylic acids is 1. The van der Waals surface area contributed by atoms with Gasteiger partial charge in [-0.05, 0) is 35.4 Å². The summed E-state index contributed by atoms with van der Waals surface area (Å²) in [6, 6.07) is 16.1. The predicted molar refractivity (Wildman–Crippen MR) is 83.4 cm³/mol. The summed E-state index contributed by atoms with van der Waals surface area (Å²) in [4.78, 5) is 10.9. The molecular weight excluding hydrogens is 296 g/mol. The molecule has 0 heterocycles. The van der Waals surface area contributed by atoms with Crippen LogP contribution in [0.4, 0.5) is 0 Å². The number of benzene rings is 2. The van der Waals surface area contributed by atoms with Gasteiger partial charge in [0, 0.05) is 0 Å². The second kappa shape index (κ2) is 6.98. The molecule has 7 nitrogen and oxygen atoms in total. The molecule has 0 aromatic heterocycles. The molecule has 116 valence electrons. The van der Waals surface area contributed by atoms with Gasteiger partial charge in [-0.15, -0.1) is 0 Å². The van der Waals surface area contributed by atoms with Crippen molar-refractivity contribution in [2.45, 2.75) is 0 Å². The highest BCUT2D eigenvalue weighted by molar-refractivity contribution is 5.86. The lowest BCUT2D eigenvalue weighted by molar-refractivity contribution is -0.133. The monoisotopic (exact) mass is 310 g/mol. The van der Waals surface area contributed by atoms with Gasteiger partial charge < -0.3 is 21.0 Å². The van der Waals surface area contributed by atoms with Crippen LogP contribution >= 0.6 is 0 Å². The number of carbonyl (C=O) groups is 1. The molecule has 23 heavy (non-hydrogen) atoms. The van der Waals surface area contributed by atoms with Gasteiger partial charge in [-0.1, -0.05) is 24.3 Å². The van der Waals surface area contributed by atoms with Crippen molar-refractivity contribution in [1.29, 1.82) is 5.26 Å². The Bertz CT molecular complexity index is 774. The van der Waals surface area contributed by atoms with Crippen molar-refractivity contribution in [1.82, 2.24) is 5.43 Å². The van der Waals surface area contributed by atoms with Crippen molar-refractivity contribution in [3.63, 3.8) is 0 Å². The summed E-state index contributed by atoms with van der Waals surface area (Å²) in [5.74, 6) is 3.79. The molecule has 7 heteroatoms. The highest BCUT2D eigenvalue weighted by Crippen LogP contribution is 2.23. The third kappa shape index (κ3) is 3.78. The number of hydrogen-bond donors (Lipinski definition) is 4. The van der Waals surface area contributed by atoms with Gasteiger partial charge in [-0.2, -0.15) is 5.26 Å². The molecular formula is C16H14N4O3. The number of nitrogens with zero attached hydrogens (tertiary/aromatic N) is 1. The van der Waals surface area contributed by atoms with Crippen molar-refractivity contribution in [3.8, 4) is 22.9 Å². The fourth-order valence-corrected chi connectivity index (χ4v) is 1.87. The fourth-order valence-electron chi connectivity index (χ4n) is 1.87. The van der Waals surface area contributed by atoms with Crippen LogP contribution in [-0.4, -0.2) is 11.1 Å². The first-order valence-electron chi connectivity index (χ1n) is 6.53. The maximum Gasteiger partial charge on any atom is 0.358 e. The minimum absolute atomic E-state index is 0.342. The van der Waals surface area contributed by atoms with Gasteiger partial charge in [0.25, 0.3) is 0 Å². The molecule has 0 radical (unpaired) electrons. The lowest BCUT2D eigenvalue weighted by atomic mass is 10.0. The van der Waals surface area contributed by atoms with E-state index >= 15 is 0 Å². The Morgan fingerprint density at radius 3 is 2.04 bits per heavy atom. The van der Waals surface area contributed by atoms with Crippen LogP contribution in [0.5, 0.6) is 5.75 Å². The van der Waals surface area contributed by atoms with Gasteiger partial charge >= 0.3 is 5.97 Å². The number of aliphatic carboxylic acids is 1. The van der Waals surface area contributed by atoms with Crippen LogP contribution < -0.4 is 21.7 Å². The van der Waals surface area contributed by atoms with E-state index in [4.69, 9.17) is 26.7 Å². The predicted octanol–water partition coefficient (Wildman–Crippen LogP) is 1.28. The minimum atomic E-state index is -1.32. The molecule has 2 aromatic carbocycles. The molecule has 0 fully saturated rings. The smallest absolute Gasteiger partial charge is 0.358 e. The molecule has 6 N–H and O–H groups in total. The van der Waals surface area contributed by atoms with Gasteiger partial charge in [0.1, 0.15) is 5.75 Å². The second-order valence-electron chi connectivity index (χ2n) is 4.50. The molecule has 2 aromatic rings. The second-order valence-corrected chi connectivity index (χ2v) is 4.50. The highest BCUT2D eigenvalue weighted by Gasteiger charge is 2.12. The van der Waals surface area contributed by atoms with E-state index in [0.717, 1.165) is 11.1 Å². The lowest BCUT2D eigenvalue weighted by Gasteiger charge is -2.10. The van der Waals surface area contributed by atoms with Crippen LogP contribution in [0.2, 0.25) is 0 Å². The number of hydrazine groups is 1. The van der Waals surface area contributed by atoms with Gasteiger partial charge in [0.15, 0.2) is 5.70 Å². The van der Waals surface area contributed by atoms with E-state index in [0.29, 0.717) is 11.3 Å². The molecule has 0 spiro atoms. The van der Waals surface area contributed by atoms with Crippen LogP contribution in [0, 0.1) is 11.3 Å². The van der Waals surface area contributed by atoms with E-state index in [2.05, 4.69) is 6.07 Å². The Kier molecular flexibility index (Phi) is 4.82. The molecule has 0 atom stereocenters. The molecule has 0 aliphatic carbocycles. The summed E-state index contributed by atoms with van der Waals surface area (Å²) in [5, 5.41) is 17.7. The number of rotatable bonds is 5. The molecule has 2 rings (SSSR count). The van der Waals surface area contributed by atoms with E-state index in [-0.39, 0.29) is 5.88 Å². The molecule has 0 unspecified atom stereocenters. The molecule has 0 aliphatic rings. The first kappa shape index (κ1) is 15.9. The lowest BCUT2D eigenvalue weighted by Crippen LogP contribution is -2.31. The number of carboxylic acid groups (broad SMARTS) is 1. The highest BCUT2D eigenvalue weighted by atomic mass is 16.5. The molecule has 0 aliphatic heterocycles. The SMILES string of the molecule is N#Cc1ccc(-c2ccc(O/C(N)=C(/NN)C(=O)O)cc2)cc1. The third-order valence-corrected chi connectivity index (χ3v) is 3.03. The number of ether oxygens (including phenoxy) is 1. The Balaban J connectivity index is 2.19. The standard InChI is InChI=1S/C16H14N4O3/c17-9-10-1-3-11(4-2-10)12-5-7-13(8-6-12)23-15(18)14(20-19)16(21)22/h1-8,20H,18-19H2,(H,21,22)/b15-14+. The Morgan fingerprint density at radius 2 is 1.61 bits per heavy atom. The molecule has 0 saturated carbocycles. The van der Waals surface area contributed by atoms with Crippen molar-refractivity contribution < 1.29 is 14.6 Å². The maximum atomic E-state index is 10.9. The first-order chi connectivity index (χ1) is 11.0. The Hall–Kier alpha value is -3.50. The first-order valence-corrected chi connectivity index (χ1v) is 6.53. The number of hydrogen-bond acceptors (Lipinski definition) is 6. The van der Waals surface area contributed by atoms with E-state index in [1.54, 1.807) is 36.4 Å². The fraction of sp³-hybridized carbons (Fsp3) is 0.